The van der Waals surface area contributed by atoms with Crippen molar-refractivity contribution < 1.29 is 22.8 Å². The molecule has 1 saturated heterocycles. The van der Waals surface area contributed by atoms with Gasteiger partial charge in [0.15, 0.2) is 0 Å². The van der Waals surface area contributed by atoms with Crippen LogP contribution in [0.4, 0.5) is 0 Å². The van der Waals surface area contributed by atoms with Crippen molar-refractivity contribution in [2.75, 3.05) is 32.9 Å². The molecule has 0 spiro atoms. The fourth-order valence-corrected chi connectivity index (χ4v) is 2.16. The number of ether oxygens (including phenoxy) is 1. The van der Waals surface area contributed by atoms with Gasteiger partial charge >= 0.3 is 39.9 Å². The van der Waals surface area contributed by atoms with Crippen molar-refractivity contribution in [3.8, 4) is 0 Å². The predicted molar refractivity (Wildman–Crippen MR) is 58.3 cm³/mol. The van der Waals surface area contributed by atoms with E-state index in [1.165, 1.54) is 4.31 Å². The van der Waals surface area contributed by atoms with Crippen LogP contribution < -0.4 is 0 Å². The number of hydrogen-bond donors (Lipinski definition) is 0. The molecule has 0 radical (unpaired) electrons. The SMILES string of the molecule is CCCOS(=O)(=O)N1CCOCC1.O.[NaH]. The van der Waals surface area contributed by atoms with E-state index in [1.54, 1.807) is 0 Å². The quantitative estimate of drug-likeness (QED) is 0.570. The fraction of sp³-hybridized carbons (Fsp3) is 1.00. The van der Waals surface area contributed by atoms with Crippen LogP contribution in [0.3, 0.4) is 0 Å². The summed E-state index contributed by atoms with van der Waals surface area (Å²) in [4.78, 5) is 0. The van der Waals surface area contributed by atoms with Crippen LogP contribution in [0.15, 0.2) is 0 Å². The van der Waals surface area contributed by atoms with Crippen LogP contribution >= 0.6 is 0 Å². The molecule has 1 aliphatic heterocycles. The second kappa shape index (κ2) is 8.89. The third kappa shape index (κ3) is 6.18. The molecular weight excluding hydrogens is 233 g/mol. The van der Waals surface area contributed by atoms with Gasteiger partial charge in [-0.2, -0.15) is 12.7 Å². The van der Waals surface area contributed by atoms with E-state index in [-0.39, 0.29) is 41.6 Å². The Morgan fingerprint density at radius 2 is 1.87 bits per heavy atom. The predicted octanol–water partition coefficient (Wildman–Crippen LogP) is -1.48. The number of nitrogens with zero attached hydrogens (tertiary/aromatic N) is 1. The number of hydrogen-bond acceptors (Lipinski definition) is 4. The summed E-state index contributed by atoms with van der Waals surface area (Å²) in [6, 6.07) is 0. The molecule has 1 rings (SSSR count). The minimum absolute atomic E-state index is 0. The third-order valence-electron chi connectivity index (χ3n) is 1.72. The molecule has 0 bridgehead atoms. The zero-order valence-corrected chi connectivity index (χ0v) is 9.05. The standard InChI is InChI=1S/C7H15NO4S.Na.H2O.H/c1-2-5-12-13(9,10)8-3-6-11-7-4-8;;;/h2-7H2,1H3;;1H2;. The second-order valence-corrected chi connectivity index (χ2v) is 4.40. The molecule has 15 heavy (non-hydrogen) atoms. The average molecular weight is 251 g/mol. The molecule has 1 aliphatic rings. The van der Waals surface area contributed by atoms with E-state index in [1.807, 2.05) is 6.92 Å². The first kappa shape index (κ1) is 18.2. The second-order valence-electron chi connectivity index (χ2n) is 2.79. The Balaban J connectivity index is 0. The van der Waals surface area contributed by atoms with E-state index in [4.69, 9.17) is 8.92 Å². The monoisotopic (exact) mass is 251 g/mol. The van der Waals surface area contributed by atoms with Crippen molar-refractivity contribution in [1.29, 1.82) is 0 Å². The summed E-state index contributed by atoms with van der Waals surface area (Å²) in [5.74, 6) is 0. The van der Waals surface area contributed by atoms with Gasteiger partial charge in [-0.3, -0.25) is 4.18 Å². The molecule has 0 aromatic rings. The van der Waals surface area contributed by atoms with Gasteiger partial charge in [-0.05, 0) is 6.42 Å². The topological polar surface area (TPSA) is 87.3 Å². The van der Waals surface area contributed by atoms with Crippen LogP contribution in [0.25, 0.3) is 0 Å². The minimum atomic E-state index is -3.49. The van der Waals surface area contributed by atoms with Crippen molar-refractivity contribution in [3.05, 3.63) is 0 Å². The zero-order chi connectivity index (χ0) is 9.73. The van der Waals surface area contributed by atoms with Crippen LogP contribution in [0, 0.1) is 0 Å². The molecule has 1 fully saturated rings. The van der Waals surface area contributed by atoms with Gasteiger partial charge in [0, 0.05) is 13.1 Å². The van der Waals surface area contributed by atoms with E-state index < -0.39 is 10.3 Å². The Morgan fingerprint density at radius 1 is 1.33 bits per heavy atom. The van der Waals surface area contributed by atoms with E-state index >= 15 is 0 Å². The third-order valence-corrected chi connectivity index (χ3v) is 3.18. The molecule has 0 aromatic heterocycles. The summed E-state index contributed by atoms with van der Waals surface area (Å²) in [7, 11) is -3.49. The molecule has 8 heteroatoms. The number of rotatable bonds is 4. The van der Waals surface area contributed by atoms with Crippen molar-refractivity contribution in [2.45, 2.75) is 13.3 Å². The summed E-state index contributed by atoms with van der Waals surface area (Å²) in [6.45, 7) is 3.82. The van der Waals surface area contributed by atoms with Gasteiger partial charge < -0.3 is 10.2 Å². The molecule has 2 N–H and O–H groups in total. The molecule has 88 valence electrons. The maximum atomic E-state index is 11.4. The van der Waals surface area contributed by atoms with Crippen LogP contribution in [0.1, 0.15) is 13.3 Å². The van der Waals surface area contributed by atoms with E-state index in [0.717, 1.165) is 0 Å². The van der Waals surface area contributed by atoms with Gasteiger partial charge in [-0.25, -0.2) is 0 Å². The summed E-state index contributed by atoms with van der Waals surface area (Å²) < 4.78 is 33.9. The molecule has 0 aromatic carbocycles. The Labute approximate surface area is 113 Å². The van der Waals surface area contributed by atoms with E-state index in [9.17, 15) is 8.42 Å². The first-order valence-electron chi connectivity index (χ1n) is 4.39. The average Bonchev–Trinajstić information content (AvgIpc) is 2.16. The molecule has 0 saturated carbocycles. The van der Waals surface area contributed by atoms with Crippen molar-refractivity contribution in [2.24, 2.45) is 0 Å². The first-order valence-corrected chi connectivity index (χ1v) is 5.75. The van der Waals surface area contributed by atoms with Gasteiger partial charge in [-0.15, -0.1) is 0 Å². The van der Waals surface area contributed by atoms with Crippen LogP contribution in [-0.4, -0.2) is 80.7 Å². The van der Waals surface area contributed by atoms with Gasteiger partial charge in [0.2, 0.25) is 0 Å². The van der Waals surface area contributed by atoms with Crippen molar-refractivity contribution in [1.82, 2.24) is 4.31 Å². The van der Waals surface area contributed by atoms with Crippen molar-refractivity contribution in [3.63, 3.8) is 0 Å². The van der Waals surface area contributed by atoms with Crippen LogP contribution in [0.2, 0.25) is 0 Å². The van der Waals surface area contributed by atoms with Gasteiger partial charge in [0.25, 0.3) is 0 Å². The van der Waals surface area contributed by atoms with Gasteiger partial charge in [0.1, 0.15) is 0 Å². The van der Waals surface area contributed by atoms with Gasteiger partial charge in [0.05, 0.1) is 19.8 Å². The number of morpholine rings is 1. The molecule has 0 atom stereocenters. The molecule has 6 nitrogen and oxygen atoms in total. The molecular formula is C7H18NNaO5S. The Kier molecular flexibility index (Phi) is 10.8. The van der Waals surface area contributed by atoms with Crippen molar-refractivity contribution >= 4 is 39.9 Å². The van der Waals surface area contributed by atoms with E-state index in [0.29, 0.717) is 32.7 Å². The molecule has 0 aliphatic carbocycles. The molecule has 0 amide bonds. The molecule has 0 unspecified atom stereocenters. The zero-order valence-electron chi connectivity index (χ0n) is 8.23. The first-order chi connectivity index (χ1) is 6.17. The Morgan fingerprint density at radius 3 is 2.33 bits per heavy atom. The maximum absolute atomic E-state index is 11.4. The summed E-state index contributed by atoms with van der Waals surface area (Å²) >= 11 is 0. The van der Waals surface area contributed by atoms with Crippen LogP contribution in [0.5, 0.6) is 0 Å². The summed E-state index contributed by atoms with van der Waals surface area (Å²) in [5.41, 5.74) is 0. The fourth-order valence-electron chi connectivity index (χ4n) is 1.03. The molecule has 1 heterocycles. The summed E-state index contributed by atoms with van der Waals surface area (Å²) in [5, 5.41) is 0. The summed E-state index contributed by atoms with van der Waals surface area (Å²) in [6.07, 6.45) is 0.698. The Hall–Kier alpha value is 0.790. The normalized spacial score (nSPS) is 17.7. The van der Waals surface area contributed by atoms with E-state index in [2.05, 4.69) is 0 Å². The van der Waals surface area contributed by atoms with Crippen LogP contribution in [-0.2, 0) is 19.2 Å². The Bertz CT molecular complexity index is 240. The van der Waals surface area contributed by atoms with Gasteiger partial charge in [-0.1, -0.05) is 6.92 Å².